The molecule has 0 N–H and O–H groups in total. The predicted octanol–water partition coefficient (Wildman–Crippen LogP) is 4.13. The van der Waals surface area contributed by atoms with E-state index in [-0.39, 0.29) is 0 Å². The Bertz CT molecular complexity index is 1110. The number of benzene rings is 1. The highest BCUT2D eigenvalue weighted by Gasteiger charge is 2.32. The number of hydrogen-bond acceptors (Lipinski definition) is 3. The van der Waals surface area contributed by atoms with E-state index >= 15 is 0 Å². The number of hydrogen-bond donors (Lipinski definition) is 0. The first-order chi connectivity index (χ1) is 11.4. The molecule has 0 saturated carbocycles. The highest BCUT2D eigenvalue weighted by molar-refractivity contribution is 5.85. The third kappa shape index (κ3) is 2.25. The summed E-state index contributed by atoms with van der Waals surface area (Å²) in [4.78, 5) is 15.6. The molecular formula is C17H9F3N2O2. The van der Waals surface area contributed by atoms with Gasteiger partial charge < -0.3 is 4.42 Å². The van der Waals surface area contributed by atoms with Crippen LogP contribution in [-0.4, -0.2) is 9.38 Å². The van der Waals surface area contributed by atoms with Crippen molar-refractivity contribution in [2.45, 2.75) is 6.18 Å². The van der Waals surface area contributed by atoms with Gasteiger partial charge in [0.1, 0.15) is 5.69 Å². The molecule has 24 heavy (non-hydrogen) atoms. The number of nitrogens with zero attached hydrogens (tertiary/aromatic N) is 2. The van der Waals surface area contributed by atoms with Crippen LogP contribution in [0.25, 0.3) is 27.7 Å². The lowest BCUT2D eigenvalue weighted by molar-refractivity contribution is -0.141. The average molecular weight is 330 g/mol. The number of alkyl halides is 3. The fraction of sp³-hybridized carbons (Fsp3) is 0.0588. The minimum atomic E-state index is -4.48. The van der Waals surface area contributed by atoms with Crippen LogP contribution in [0.1, 0.15) is 5.69 Å². The van der Waals surface area contributed by atoms with E-state index in [0.29, 0.717) is 27.7 Å². The van der Waals surface area contributed by atoms with Gasteiger partial charge >= 0.3 is 11.8 Å². The Labute approximate surface area is 132 Å². The molecule has 3 heterocycles. The van der Waals surface area contributed by atoms with Gasteiger partial charge in [-0.15, -0.1) is 0 Å². The number of fused-ring (bicyclic) bond motifs is 3. The van der Waals surface area contributed by atoms with Gasteiger partial charge in [-0.2, -0.15) is 13.2 Å². The largest absolute Gasteiger partial charge is 0.433 e. The molecule has 0 saturated heterocycles. The standard InChI is InChI=1S/C17H9F3N2O2/c18-17(19,20)14-6-4-11(9-21-14)10-3-5-13-12(8-10)16(23)24-15-2-1-7-22(13)15/h1-9H. The van der Waals surface area contributed by atoms with Crippen LogP contribution in [0.3, 0.4) is 0 Å². The molecule has 7 heteroatoms. The minimum Gasteiger partial charge on any atom is -0.405 e. The SMILES string of the molecule is O=c1oc2cccn2c2ccc(-c3ccc(C(F)(F)F)nc3)cc12. The molecule has 120 valence electrons. The van der Waals surface area contributed by atoms with E-state index in [1.165, 1.54) is 6.07 Å². The Morgan fingerprint density at radius 1 is 1.04 bits per heavy atom. The molecule has 0 fully saturated rings. The van der Waals surface area contributed by atoms with E-state index in [1.807, 2.05) is 0 Å². The van der Waals surface area contributed by atoms with Gasteiger partial charge in [0.2, 0.25) is 5.71 Å². The summed E-state index contributed by atoms with van der Waals surface area (Å²) < 4.78 is 44.7. The fourth-order valence-corrected chi connectivity index (χ4v) is 2.62. The molecule has 0 spiro atoms. The lowest BCUT2D eigenvalue weighted by atomic mass is 10.1. The van der Waals surface area contributed by atoms with Gasteiger partial charge in [0, 0.05) is 24.0 Å². The Morgan fingerprint density at radius 3 is 2.54 bits per heavy atom. The first-order valence-electron chi connectivity index (χ1n) is 7.01. The van der Waals surface area contributed by atoms with E-state index in [2.05, 4.69) is 4.98 Å². The van der Waals surface area contributed by atoms with Crippen molar-refractivity contribution in [2.24, 2.45) is 0 Å². The first-order valence-corrected chi connectivity index (χ1v) is 7.01. The van der Waals surface area contributed by atoms with Gasteiger partial charge in [0.25, 0.3) is 0 Å². The second-order valence-electron chi connectivity index (χ2n) is 5.27. The van der Waals surface area contributed by atoms with Crippen molar-refractivity contribution in [3.05, 3.63) is 71.0 Å². The van der Waals surface area contributed by atoms with E-state index in [4.69, 9.17) is 4.42 Å². The molecule has 0 aliphatic carbocycles. The van der Waals surface area contributed by atoms with Crippen LogP contribution in [0, 0.1) is 0 Å². The van der Waals surface area contributed by atoms with E-state index in [9.17, 15) is 18.0 Å². The maximum atomic E-state index is 12.6. The van der Waals surface area contributed by atoms with Gasteiger partial charge in [-0.05, 0) is 29.8 Å². The second-order valence-corrected chi connectivity index (χ2v) is 5.27. The molecule has 0 bridgehead atoms. The molecule has 4 nitrogen and oxygen atoms in total. The van der Waals surface area contributed by atoms with Crippen molar-refractivity contribution in [3.8, 4) is 11.1 Å². The van der Waals surface area contributed by atoms with E-state index in [1.54, 1.807) is 40.9 Å². The normalized spacial score (nSPS) is 12.1. The molecule has 0 aliphatic rings. The van der Waals surface area contributed by atoms with Gasteiger partial charge in [-0.3, -0.25) is 9.38 Å². The molecule has 0 amide bonds. The van der Waals surface area contributed by atoms with Gasteiger partial charge in [-0.25, -0.2) is 4.79 Å². The summed E-state index contributed by atoms with van der Waals surface area (Å²) >= 11 is 0. The second kappa shape index (κ2) is 4.95. The predicted molar refractivity (Wildman–Crippen MR) is 81.7 cm³/mol. The monoisotopic (exact) mass is 330 g/mol. The third-order valence-corrected chi connectivity index (χ3v) is 3.77. The van der Waals surface area contributed by atoms with Crippen LogP contribution >= 0.6 is 0 Å². The first kappa shape index (κ1) is 14.5. The highest BCUT2D eigenvalue weighted by Crippen LogP contribution is 2.29. The molecular weight excluding hydrogens is 321 g/mol. The van der Waals surface area contributed by atoms with Crippen LogP contribution < -0.4 is 5.63 Å². The lowest BCUT2D eigenvalue weighted by Crippen LogP contribution is -2.07. The van der Waals surface area contributed by atoms with Crippen molar-refractivity contribution in [1.29, 1.82) is 0 Å². The Morgan fingerprint density at radius 2 is 1.83 bits per heavy atom. The van der Waals surface area contributed by atoms with E-state index < -0.39 is 17.5 Å². The van der Waals surface area contributed by atoms with E-state index in [0.717, 1.165) is 12.3 Å². The topological polar surface area (TPSA) is 47.5 Å². The smallest absolute Gasteiger partial charge is 0.405 e. The fourth-order valence-electron chi connectivity index (χ4n) is 2.62. The van der Waals surface area contributed by atoms with Crippen molar-refractivity contribution >= 4 is 16.6 Å². The summed E-state index contributed by atoms with van der Waals surface area (Å²) in [6.07, 6.45) is -1.58. The zero-order valence-corrected chi connectivity index (χ0v) is 12.0. The molecule has 0 unspecified atom stereocenters. The summed E-state index contributed by atoms with van der Waals surface area (Å²) in [5.74, 6) is 0. The molecule has 4 aromatic rings. The van der Waals surface area contributed by atoms with Crippen LogP contribution in [-0.2, 0) is 6.18 Å². The van der Waals surface area contributed by atoms with Gasteiger partial charge in [0.15, 0.2) is 0 Å². The van der Waals surface area contributed by atoms with Crippen molar-refractivity contribution in [2.75, 3.05) is 0 Å². The Balaban J connectivity index is 1.87. The number of halogens is 3. The van der Waals surface area contributed by atoms with Crippen molar-refractivity contribution in [1.82, 2.24) is 9.38 Å². The quantitative estimate of drug-likeness (QED) is 0.527. The zero-order valence-electron chi connectivity index (χ0n) is 12.0. The van der Waals surface area contributed by atoms with Crippen molar-refractivity contribution < 1.29 is 17.6 Å². The summed E-state index contributed by atoms with van der Waals surface area (Å²) in [5, 5.41) is 0.344. The highest BCUT2D eigenvalue weighted by atomic mass is 19.4. The zero-order chi connectivity index (χ0) is 16.9. The average Bonchev–Trinajstić information content (AvgIpc) is 3.02. The lowest BCUT2D eigenvalue weighted by Gasteiger charge is -2.08. The number of rotatable bonds is 1. The minimum absolute atomic E-state index is 0.344. The number of aromatic nitrogens is 2. The number of pyridine rings is 1. The molecule has 0 aliphatic heterocycles. The maximum Gasteiger partial charge on any atom is 0.433 e. The molecule has 3 aromatic heterocycles. The van der Waals surface area contributed by atoms with Crippen molar-refractivity contribution in [3.63, 3.8) is 0 Å². The Kier molecular flexibility index (Phi) is 2.99. The third-order valence-electron chi connectivity index (χ3n) is 3.77. The van der Waals surface area contributed by atoms with Crippen LogP contribution in [0.5, 0.6) is 0 Å². The summed E-state index contributed by atoms with van der Waals surface area (Å²) in [6, 6.07) is 10.7. The summed E-state index contributed by atoms with van der Waals surface area (Å²) in [6.45, 7) is 0. The van der Waals surface area contributed by atoms with Crippen LogP contribution in [0.4, 0.5) is 13.2 Å². The molecule has 1 aromatic carbocycles. The Hall–Kier alpha value is -3.09. The summed E-state index contributed by atoms with van der Waals surface area (Å²) in [5.41, 5.74) is 0.698. The molecule has 0 atom stereocenters. The van der Waals surface area contributed by atoms with Crippen LogP contribution in [0.2, 0.25) is 0 Å². The van der Waals surface area contributed by atoms with Gasteiger partial charge in [-0.1, -0.05) is 12.1 Å². The summed E-state index contributed by atoms with van der Waals surface area (Å²) in [7, 11) is 0. The molecule has 4 rings (SSSR count). The maximum absolute atomic E-state index is 12.6. The van der Waals surface area contributed by atoms with Crippen LogP contribution in [0.15, 0.2) is 64.1 Å². The molecule has 0 radical (unpaired) electrons. The van der Waals surface area contributed by atoms with Gasteiger partial charge in [0.05, 0.1) is 10.9 Å².